The molecule has 0 rings (SSSR count). The Hall–Kier alpha value is -1.50. The molecular formula is C8H10O4. The van der Waals surface area contributed by atoms with E-state index in [1.807, 2.05) is 11.8 Å². The zero-order chi connectivity index (χ0) is 9.56. The molecule has 0 aromatic carbocycles. The minimum Gasteiger partial charge on any atom is -0.459 e. The van der Waals surface area contributed by atoms with Gasteiger partial charge in [0.15, 0.2) is 0 Å². The lowest BCUT2D eigenvalue weighted by Gasteiger charge is -2.01. The van der Waals surface area contributed by atoms with Crippen molar-refractivity contribution in [1.82, 2.24) is 0 Å². The van der Waals surface area contributed by atoms with E-state index in [9.17, 15) is 9.59 Å². The molecule has 66 valence electrons. The lowest BCUT2D eigenvalue weighted by atomic mass is 10.5. The SMILES string of the molecule is COC(=O)C#CC(=O)OC(C)C. The predicted octanol–water partition coefficient (Wildman–Crippen LogP) is 0.114. The maximum atomic E-state index is 10.7. The van der Waals surface area contributed by atoms with E-state index in [0.717, 1.165) is 0 Å². The van der Waals surface area contributed by atoms with Crippen LogP contribution in [0.25, 0.3) is 0 Å². The second-order valence-corrected chi connectivity index (χ2v) is 2.20. The minimum absolute atomic E-state index is 0.232. The van der Waals surface area contributed by atoms with Gasteiger partial charge in [-0.05, 0) is 13.8 Å². The van der Waals surface area contributed by atoms with Gasteiger partial charge in [0.2, 0.25) is 0 Å². The summed E-state index contributed by atoms with van der Waals surface area (Å²) in [5.74, 6) is 2.45. The molecule has 0 atom stereocenters. The van der Waals surface area contributed by atoms with Crippen LogP contribution in [-0.2, 0) is 19.1 Å². The van der Waals surface area contributed by atoms with Gasteiger partial charge in [0.05, 0.1) is 13.2 Å². The Labute approximate surface area is 70.8 Å². The standard InChI is InChI=1S/C8H10O4/c1-6(2)12-8(10)5-4-7(9)11-3/h6H,1-3H3. The summed E-state index contributed by atoms with van der Waals surface area (Å²) in [5, 5.41) is 0. The fourth-order valence-corrected chi connectivity index (χ4v) is 0.397. The number of methoxy groups -OCH3 is 1. The van der Waals surface area contributed by atoms with Gasteiger partial charge in [0.25, 0.3) is 0 Å². The quantitative estimate of drug-likeness (QED) is 0.318. The lowest BCUT2D eigenvalue weighted by molar-refractivity contribution is -0.140. The number of rotatable bonds is 1. The summed E-state index contributed by atoms with van der Waals surface area (Å²) in [6.07, 6.45) is -0.232. The number of esters is 2. The number of hydrogen-bond donors (Lipinski definition) is 0. The van der Waals surface area contributed by atoms with Crippen LogP contribution in [-0.4, -0.2) is 25.2 Å². The molecule has 0 heterocycles. The maximum Gasteiger partial charge on any atom is 0.385 e. The Balaban J connectivity index is 3.96. The summed E-state index contributed by atoms with van der Waals surface area (Å²) < 4.78 is 8.81. The molecule has 0 spiro atoms. The Kier molecular flexibility index (Phi) is 4.54. The maximum absolute atomic E-state index is 10.7. The lowest BCUT2D eigenvalue weighted by Crippen LogP contribution is -2.09. The van der Waals surface area contributed by atoms with E-state index in [-0.39, 0.29) is 6.10 Å². The Morgan fingerprint density at radius 2 is 1.67 bits per heavy atom. The molecule has 0 aromatic heterocycles. The molecule has 0 saturated carbocycles. The molecule has 12 heavy (non-hydrogen) atoms. The van der Waals surface area contributed by atoms with E-state index in [0.29, 0.717) is 0 Å². The molecule has 0 fully saturated rings. The van der Waals surface area contributed by atoms with E-state index in [1.54, 1.807) is 13.8 Å². The van der Waals surface area contributed by atoms with Crippen LogP contribution in [0.2, 0.25) is 0 Å². The number of carbonyl (C=O) groups is 2. The highest BCUT2D eigenvalue weighted by molar-refractivity contribution is 5.98. The van der Waals surface area contributed by atoms with Crippen LogP contribution in [0.3, 0.4) is 0 Å². The third-order valence-corrected chi connectivity index (χ3v) is 0.795. The molecule has 0 unspecified atom stereocenters. The number of hydrogen-bond acceptors (Lipinski definition) is 4. The monoisotopic (exact) mass is 170 g/mol. The Morgan fingerprint density at radius 3 is 2.08 bits per heavy atom. The van der Waals surface area contributed by atoms with Gasteiger partial charge in [0, 0.05) is 11.8 Å². The zero-order valence-corrected chi connectivity index (χ0v) is 7.21. The molecule has 0 bridgehead atoms. The van der Waals surface area contributed by atoms with E-state index in [1.165, 1.54) is 7.11 Å². The molecule has 0 saturated heterocycles. The molecule has 0 amide bonds. The second kappa shape index (κ2) is 5.19. The third kappa shape index (κ3) is 5.30. The van der Waals surface area contributed by atoms with Gasteiger partial charge >= 0.3 is 11.9 Å². The first-order valence-corrected chi connectivity index (χ1v) is 3.37. The topological polar surface area (TPSA) is 52.6 Å². The smallest absolute Gasteiger partial charge is 0.385 e. The largest absolute Gasteiger partial charge is 0.459 e. The van der Waals surface area contributed by atoms with Crippen LogP contribution in [0.4, 0.5) is 0 Å². The highest BCUT2D eigenvalue weighted by Gasteiger charge is 2.00. The van der Waals surface area contributed by atoms with Gasteiger partial charge in [-0.25, -0.2) is 9.59 Å². The first-order valence-electron chi connectivity index (χ1n) is 3.37. The molecule has 0 aliphatic carbocycles. The first-order chi connectivity index (χ1) is 5.56. The van der Waals surface area contributed by atoms with Crippen LogP contribution < -0.4 is 0 Å². The molecule has 0 aromatic rings. The van der Waals surface area contributed by atoms with Gasteiger partial charge in [-0.2, -0.15) is 0 Å². The van der Waals surface area contributed by atoms with Crippen molar-refractivity contribution in [3.8, 4) is 11.8 Å². The number of carbonyl (C=O) groups excluding carboxylic acids is 2. The molecule has 0 aliphatic rings. The van der Waals surface area contributed by atoms with Gasteiger partial charge < -0.3 is 9.47 Å². The van der Waals surface area contributed by atoms with Gasteiger partial charge in [-0.1, -0.05) is 0 Å². The van der Waals surface area contributed by atoms with Crippen LogP contribution in [0.15, 0.2) is 0 Å². The number of ether oxygens (including phenoxy) is 2. The average Bonchev–Trinajstić information content (AvgIpc) is 1.99. The summed E-state index contributed by atoms with van der Waals surface area (Å²) in [5.41, 5.74) is 0. The van der Waals surface area contributed by atoms with E-state index in [2.05, 4.69) is 9.47 Å². The third-order valence-electron chi connectivity index (χ3n) is 0.795. The van der Waals surface area contributed by atoms with Crippen molar-refractivity contribution in [3.63, 3.8) is 0 Å². The van der Waals surface area contributed by atoms with Crippen LogP contribution in [0.5, 0.6) is 0 Å². The van der Waals surface area contributed by atoms with E-state index >= 15 is 0 Å². The zero-order valence-electron chi connectivity index (χ0n) is 7.21. The summed E-state index contributed by atoms with van der Waals surface area (Å²) in [4.78, 5) is 21.1. The highest BCUT2D eigenvalue weighted by atomic mass is 16.5. The Bertz CT molecular complexity index is 231. The van der Waals surface area contributed by atoms with Crippen molar-refractivity contribution >= 4 is 11.9 Å². The summed E-state index contributed by atoms with van der Waals surface area (Å²) >= 11 is 0. The molecule has 0 N–H and O–H groups in total. The van der Waals surface area contributed by atoms with Crippen molar-refractivity contribution in [2.24, 2.45) is 0 Å². The van der Waals surface area contributed by atoms with Gasteiger partial charge in [-0.15, -0.1) is 0 Å². The minimum atomic E-state index is -0.754. The predicted molar refractivity (Wildman–Crippen MR) is 41.0 cm³/mol. The van der Waals surface area contributed by atoms with Crippen molar-refractivity contribution in [1.29, 1.82) is 0 Å². The fourth-order valence-electron chi connectivity index (χ4n) is 0.397. The van der Waals surface area contributed by atoms with Gasteiger partial charge in [-0.3, -0.25) is 0 Å². The Morgan fingerprint density at radius 1 is 1.17 bits per heavy atom. The van der Waals surface area contributed by atoms with Crippen molar-refractivity contribution in [2.75, 3.05) is 7.11 Å². The fraction of sp³-hybridized carbons (Fsp3) is 0.500. The van der Waals surface area contributed by atoms with Crippen molar-refractivity contribution in [2.45, 2.75) is 20.0 Å². The summed E-state index contributed by atoms with van der Waals surface area (Å²) in [7, 11) is 1.19. The van der Waals surface area contributed by atoms with Crippen LogP contribution in [0.1, 0.15) is 13.8 Å². The molecule has 0 aliphatic heterocycles. The highest BCUT2D eigenvalue weighted by Crippen LogP contribution is 1.86. The molecule has 4 nitrogen and oxygen atoms in total. The van der Waals surface area contributed by atoms with Crippen LogP contribution >= 0.6 is 0 Å². The molecule has 4 heteroatoms. The van der Waals surface area contributed by atoms with Crippen molar-refractivity contribution in [3.05, 3.63) is 0 Å². The molecule has 0 radical (unpaired) electrons. The second-order valence-electron chi connectivity index (χ2n) is 2.20. The van der Waals surface area contributed by atoms with E-state index in [4.69, 9.17) is 0 Å². The summed E-state index contributed by atoms with van der Waals surface area (Å²) in [6, 6.07) is 0. The normalized spacial score (nSPS) is 8.33. The van der Waals surface area contributed by atoms with Crippen LogP contribution in [0, 0.1) is 11.8 Å². The van der Waals surface area contributed by atoms with Crippen molar-refractivity contribution < 1.29 is 19.1 Å². The average molecular weight is 170 g/mol. The summed E-state index contributed by atoms with van der Waals surface area (Å²) in [6.45, 7) is 3.38. The van der Waals surface area contributed by atoms with Gasteiger partial charge in [0.1, 0.15) is 0 Å². The first kappa shape index (κ1) is 10.5. The molecular weight excluding hydrogens is 160 g/mol. The van der Waals surface area contributed by atoms with E-state index < -0.39 is 11.9 Å².